The van der Waals surface area contributed by atoms with Crippen molar-refractivity contribution in [2.24, 2.45) is 5.92 Å². The van der Waals surface area contributed by atoms with Crippen LogP contribution in [-0.2, 0) is 0 Å². The first-order chi connectivity index (χ1) is 12.6. The van der Waals surface area contributed by atoms with Crippen molar-refractivity contribution in [1.29, 1.82) is 0 Å². The molecule has 3 rings (SSSR count). The van der Waals surface area contributed by atoms with E-state index in [2.05, 4.69) is 42.7 Å². The van der Waals surface area contributed by atoms with Gasteiger partial charge in [-0.25, -0.2) is 0 Å². The van der Waals surface area contributed by atoms with Gasteiger partial charge in [-0.1, -0.05) is 51.0 Å². The first-order valence-corrected chi connectivity index (χ1v) is 10.7. The molecule has 1 aromatic heterocycles. The van der Waals surface area contributed by atoms with E-state index in [-0.39, 0.29) is 12.4 Å². The van der Waals surface area contributed by atoms with Crippen molar-refractivity contribution in [1.82, 2.24) is 5.32 Å². The Morgan fingerprint density at radius 1 is 1.15 bits per heavy atom. The Bertz CT molecular complexity index is 656. The van der Waals surface area contributed by atoms with Crippen LogP contribution in [0.4, 0.5) is 0 Å². The van der Waals surface area contributed by atoms with Gasteiger partial charge in [-0.05, 0) is 47.8 Å². The number of thiophene rings is 1. The van der Waals surface area contributed by atoms with E-state index in [1.165, 1.54) is 36.1 Å². The van der Waals surface area contributed by atoms with E-state index in [0.29, 0.717) is 31.0 Å². The lowest BCUT2D eigenvalue weighted by molar-refractivity contribution is 0.100. The van der Waals surface area contributed by atoms with E-state index in [9.17, 15) is 5.11 Å². The third-order valence-corrected chi connectivity index (χ3v) is 6.22. The number of ether oxygens (including phenoxy) is 1. The summed E-state index contributed by atoms with van der Waals surface area (Å²) >= 11 is 1.81. The van der Waals surface area contributed by atoms with E-state index in [1.807, 2.05) is 29.5 Å². The predicted molar refractivity (Wildman–Crippen MR) is 116 cm³/mol. The van der Waals surface area contributed by atoms with Crippen molar-refractivity contribution in [2.75, 3.05) is 13.2 Å². The quantitative estimate of drug-likeness (QED) is 0.570. The number of benzene rings is 1. The van der Waals surface area contributed by atoms with E-state index in [1.54, 1.807) is 0 Å². The standard InChI is InChI=1S/C22H31NO2S.ClH/c1-16(2)19-10-5-6-11-20(19)25-15-18(24)14-23-22(17-8-3-4-9-17)21-12-7-13-26-21;/h5-7,10-13,16-18,22-24H,3-4,8-9,14-15H2,1-2H3;1H. The summed E-state index contributed by atoms with van der Waals surface area (Å²) in [5.74, 6) is 1.97. The zero-order valence-corrected chi connectivity index (χ0v) is 17.9. The third kappa shape index (κ3) is 6.21. The lowest BCUT2D eigenvalue weighted by Crippen LogP contribution is -2.36. The second kappa shape index (κ2) is 11.1. The predicted octanol–water partition coefficient (Wildman–Crippen LogP) is 5.55. The van der Waals surface area contributed by atoms with Gasteiger partial charge in [0.05, 0.1) is 0 Å². The van der Waals surface area contributed by atoms with Crippen molar-refractivity contribution in [3.05, 3.63) is 52.2 Å². The number of halogens is 1. The van der Waals surface area contributed by atoms with Crippen LogP contribution in [0.1, 0.15) is 61.9 Å². The molecule has 1 fully saturated rings. The number of rotatable bonds is 9. The molecule has 1 aliphatic rings. The third-order valence-electron chi connectivity index (χ3n) is 5.27. The van der Waals surface area contributed by atoms with E-state index in [4.69, 9.17) is 4.74 Å². The highest BCUT2D eigenvalue weighted by Crippen LogP contribution is 2.37. The Kier molecular flexibility index (Phi) is 9.10. The Hall–Kier alpha value is -1.07. The topological polar surface area (TPSA) is 41.5 Å². The molecule has 2 N–H and O–H groups in total. The average Bonchev–Trinajstić information content (AvgIpc) is 3.35. The van der Waals surface area contributed by atoms with E-state index >= 15 is 0 Å². The van der Waals surface area contributed by atoms with Crippen LogP contribution in [0.2, 0.25) is 0 Å². The normalized spacial score (nSPS) is 16.9. The maximum absolute atomic E-state index is 10.4. The first-order valence-electron chi connectivity index (χ1n) is 9.81. The number of aliphatic hydroxyl groups excluding tert-OH is 1. The second-order valence-corrected chi connectivity index (χ2v) is 8.58. The molecule has 0 amide bonds. The number of nitrogens with one attached hydrogen (secondary N) is 1. The van der Waals surface area contributed by atoms with Crippen LogP contribution in [0.3, 0.4) is 0 Å². The van der Waals surface area contributed by atoms with Crippen LogP contribution in [0.5, 0.6) is 5.75 Å². The fourth-order valence-electron chi connectivity index (χ4n) is 3.86. The van der Waals surface area contributed by atoms with E-state index in [0.717, 1.165) is 5.75 Å². The van der Waals surface area contributed by atoms with E-state index < -0.39 is 6.10 Å². The maximum atomic E-state index is 10.4. The van der Waals surface area contributed by atoms with Crippen LogP contribution in [0.15, 0.2) is 41.8 Å². The molecular formula is C22H32ClNO2S. The van der Waals surface area contributed by atoms with Crippen LogP contribution in [0, 0.1) is 5.92 Å². The van der Waals surface area contributed by atoms with Gasteiger partial charge in [0, 0.05) is 17.5 Å². The van der Waals surface area contributed by atoms with Crippen LogP contribution in [-0.4, -0.2) is 24.4 Å². The SMILES string of the molecule is CC(C)c1ccccc1OCC(O)CNC(c1cccs1)C1CCCC1.Cl. The van der Waals surface area contributed by atoms with Gasteiger partial charge in [-0.3, -0.25) is 0 Å². The fourth-order valence-corrected chi connectivity index (χ4v) is 4.75. The van der Waals surface area contributed by atoms with Crippen LogP contribution in [0.25, 0.3) is 0 Å². The summed E-state index contributed by atoms with van der Waals surface area (Å²) in [5, 5.41) is 16.2. The molecule has 2 unspecified atom stereocenters. The molecule has 0 aliphatic heterocycles. The molecule has 0 radical (unpaired) electrons. The van der Waals surface area contributed by atoms with Crippen molar-refractivity contribution >= 4 is 23.7 Å². The Morgan fingerprint density at radius 2 is 1.89 bits per heavy atom. The summed E-state index contributed by atoms with van der Waals surface area (Å²) in [4.78, 5) is 1.38. The largest absolute Gasteiger partial charge is 0.491 e. The van der Waals surface area contributed by atoms with Gasteiger partial charge in [-0.2, -0.15) is 0 Å². The van der Waals surface area contributed by atoms with Gasteiger partial charge in [0.1, 0.15) is 18.5 Å². The smallest absolute Gasteiger partial charge is 0.122 e. The summed E-state index contributed by atoms with van der Waals surface area (Å²) < 4.78 is 5.92. The summed E-state index contributed by atoms with van der Waals surface area (Å²) in [5.41, 5.74) is 1.19. The number of aliphatic hydroxyl groups is 1. The minimum absolute atomic E-state index is 0. The number of para-hydroxylation sites is 1. The highest BCUT2D eigenvalue weighted by Gasteiger charge is 2.27. The second-order valence-electron chi connectivity index (χ2n) is 7.60. The molecule has 0 bridgehead atoms. The lowest BCUT2D eigenvalue weighted by Gasteiger charge is -2.25. The highest BCUT2D eigenvalue weighted by atomic mass is 35.5. The minimum Gasteiger partial charge on any atom is -0.491 e. The van der Waals surface area contributed by atoms with Gasteiger partial charge in [-0.15, -0.1) is 23.7 Å². The van der Waals surface area contributed by atoms with Crippen LogP contribution >= 0.6 is 23.7 Å². The molecule has 1 saturated carbocycles. The molecule has 0 saturated heterocycles. The summed E-state index contributed by atoms with van der Waals surface area (Å²) in [7, 11) is 0. The minimum atomic E-state index is -0.515. The van der Waals surface area contributed by atoms with Crippen molar-refractivity contribution in [2.45, 2.75) is 57.6 Å². The molecule has 27 heavy (non-hydrogen) atoms. The monoisotopic (exact) mass is 409 g/mol. The van der Waals surface area contributed by atoms with Crippen LogP contribution < -0.4 is 10.1 Å². The van der Waals surface area contributed by atoms with Crippen molar-refractivity contribution in [3.63, 3.8) is 0 Å². The van der Waals surface area contributed by atoms with Crippen molar-refractivity contribution < 1.29 is 9.84 Å². The molecule has 5 heteroatoms. The number of hydrogen-bond acceptors (Lipinski definition) is 4. The zero-order chi connectivity index (χ0) is 18.4. The molecular weight excluding hydrogens is 378 g/mol. The maximum Gasteiger partial charge on any atom is 0.122 e. The lowest BCUT2D eigenvalue weighted by atomic mass is 9.96. The molecule has 3 nitrogen and oxygen atoms in total. The van der Waals surface area contributed by atoms with Gasteiger partial charge >= 0.3 is 0 Å². The molecule has 1 heterocycles. The van der Waals surface area contributed by atoms with Gasteiger partial charge in [0.2, 0.25) is 0 Å². The number of hydrogen-bond donors (Lipinski definition) is 2. The first kappa shape index (κ1) is 22.2. The molecule has 1 aromatic carbocycles. The zero-order valence-electron chi connectivity index (χ0n) is 16.3. The van der Waals surface area contributed by atoms with Gasteiger partial charge in [0.25, 0.3) is 0 Å². The van der Waals surface area contributed by atoms with Gasteiger partial charge < -0.3 is 15.2 Å². The average molecular weight is 410 g/mol. The summed E-state index contributed by atoms with van der Waals surface area (Å²) in [6.07, 6.45) is 4.70. The van der Waals surface area contributed by atoms with Gasteiger partial charge in [0.15, 0.2) is 0 Å². The molecule has 2 atom stereocenters. The highest BCUT2D eigenvalue weighted by molar-refractivity contribution is 7.10. The molecule has 1 aliphatic carbocycles. The molecule has 150 valence electrons. The Morgan fingerprint density at radius 3 is 2.56 bits per heavy atom. The summed E-state index contributed by atoms with van der Waals surface area (Å²) in [6, 6.07) is 12.8. The summed E-state index contributed by atoms with van der Waals surface area (Å²) in [6.45, 7) is 5.20. The molecule has 0 spiro atoms. The Labute approximate surface area is 173 Å². The fraction of sp³-hybridized carbons (Fsp3) is 0.545. The van der Waals surface area contributed by atoms with Crippen molar-refractivity contribution in [3.8, 4) is 5.75 Å². The molecule has 2 aromatic rings. The Balaban J connectivity index is 0.00000261.